The van der Waals surface area contributed by atoms with Gasteiger partial charge in [-0.05, 0) is 12.8 Å². The highest BCUT2D eigenvalue weighted by molar-refractivity contribution is 7.45. The standard InChI is InChI=1S/C48H96NO8P/c1-6-8-10-12-14-16-18-20-21-22-23-24-25-26-27-28-29-31-32-34-36-38-40-47(50)54-44-46(45-56-58(52,53)55-43-42-49(3,4)5)57-48(51)41-39-37-35-33-30-19-17-15-13-11-9-7-2/h46H,6-45H2,1-5H3. The second kappa shape index (κ2) is 41.4. The van der Waals surface area contributed by atoms with Crippen LogP contribution in [0.5, 0.6) is 0 Å². The maximum atomic E-state index is 12.7. The predicted molar refractivity (Wildman–Crippen MR) is 241 cm³/mol. The monoisotopic (exact) mass is 846 g/mol. The summed E-state index contributed by atoms with van der Waals surface area (Å²) in [5.74, 6) is -0.817. The second-order valence-corrected chi connectivity index (χ2v) is 19.6. The van der Waals surface area contributed by atoms with Crippen molar-refractivity contribution in [1.29, 1.82) is 0 Å². The van der Waals surface area contributed by atoms with Crippen LogP contribution >= 0.6 is 7.82 Å². The number of unbranched alkanes of at least 4 members (excludes halogenated alkanes) is 32. The minimum Gasteiger partial charge on any atom is -0.756 e. The first-order chi connectivity index (χ1) is 28.0. The molecule has 0 aliphatic carbocycles. The third-order valence-electron chi connectivity index (χ3n) is 11.1. The highest BCUT2D eigenvalue weighted by Gasteiger charge is 2.21. The molecule has 0 spiro atoms. The Bertz CT molecular complexity index is 958. The van der Waals surface area contributed by atoms with Crippen molar-refractivity contribution in [3.8, 4) is 0 Å². The van der Waals surface area contributed by atoms with Gasteiger partial charge in [0.25, 0.3) is 7.82 Å². The van der Waals surface area contributed by atoms with E-state index in [1.807, 2.05) is 21.1 Å². The summed E-state index contributed by atoms with van der Waals surface area (Å²) in [5.41, 5.74) is 0. The number of esters is 2. The molecule has 0 heterocycles. The zero-order valence-electron chi connectivity index (χ0n) is 39.0. The molecule has 0 saturated carbocycles. The van der Waals surface area contributed by atoms with Gasteiger partial charge in [0.15, 0.2) is 6.10 Å². The molecule has 346 valence electrons. The summed E-state index contributed by atoms with van der Waals surface area (Å²) in [6.07, 6.45) is 42.8. The molecule has 0 fully saturated rings. The zero-order chi connectivity index (χ0) is 42.8. The van der Waals surface area contributed by atoms with Gasteiger partial charge < -0.3 is 27.9 Å². The SMILES string of the molecule is CCCCCCCCCCCCCCCCCCCCCCCCC(=O)OCC(COP(=O)([O-])OCC[N+](C)(C)C)OC(=O)CCCCCCCCCCCCCC. The van der Waals surface area contributed by atoms with Gasteiger partial charge in [-0.1, -0.05) is 219 Å². The Hall–Kier alpha value is -0.990. The topological polar surface area (TPSA) is 111 Å². The third kappa shape index (κ3) is 44.6. The number of phosphoric acid groups is 1. The molecule has 0 bridgehead atoms. The summed E-state index contributed by atoms with van der Waals surface area (Å²) in [6, 6.07) is 0. The molecule has 0 aromatic rings. The smallest absolute Gasteiger partial charge is 0.306 e. The van der Waals surface area contributed by atoms with Gasteiger partial charge in [0.2, 0.25) is 0 Å². The molecule has 10 heteroatoms. The summed E-state index contributed by atoms with van der Waals surface area (Å²) in [7, 11) is 1.18. The molecule has 0 amide bonds. The van der Waals surface area contributed by atoms with Crippen molar-refractivity contribution in [1.82, 2.24) is 0 Å². The molecule has 58 heavy (non-hydrogen) atoms. The van der Waals surface area contributed by atoms with E-state index in [0.717, 1.165) is 32.1 Å². The van der Waals surface area contributed by atoms with Crippen LogP contribution in [0.3, 0.4) is 0 Å². The molecule has 0 saturated heterocycles. The van der Waals surface area contributed by atoms with Crippen LogP contribution in [0.4, 0.5) is 0 Å². The lowest BCUT2D eigenvalue weighted by Gasteiger charge is -2.28. The van der Waals surface area contributed by atoms with E-state index in [2.05, 4.69) is 13.8 Å². The summed E-state index contributed by atoms with van der Waals surface area (Å²) >= 11 is 0. The normalized spacial score (nSPS) is 13.4. The van der Waals surface area contributed by atoms with Gasteiger partial charge in [0, 0.05) is 12.8 Å². The molecule has 0 N–H and O–H groups in total. The number of carbonyl (C=O) groups is 2. The average molecular weight is 846 g/mol. The van der Waals surface area contributed by atoms with Gasteiger partial charge in [-0.3, -0.25) is 14.2 Å². The Morgan fingerprint density at radius 3 is 1.10 bits per heavy atom. The Labute approximate surface area is 359 Å². The van der Waals surface area contributed by atoms with E-state index in [4.69, 9.17) is 18.5 Å². The first kappa shape index (κ1) is 57.0. The van der Waals surface area contributed by atoms with Crippen molar-refractivity contribution in [2.24, 2.45) is 0 Å². The van der Waals surface area contributed by atoms with Gasteiger partial charge in [-0.15, -0.1) is 0 Å². The minimum atomic E-state index is -4.62. The molecular formula is C48H96NO8P. The Balaban J connectivity index is 4.14. The second-order valence-electron chi connectivity index (χ2n) is 18.2. The predicted octanol–water partition coefficient (Wildman–Crippen LogP) is 13.7. The zero-order valence-corrected chi connectivity index (χ0v) is 39.9. The molecule has 0 rings (SSSR count). The van der Waals surface area contributed by atoms with E-state index in [1.54, 1.807) is 0 Å². The fourth-order valence-electron chi connectivity index (χ4n) is 7.25. The van der Waals surface area contributed by atoms with Crippen LogP contribution < -0.4 is 4.89 Å². The number of ether oxygens (including phenoxy) is 2. The minimum absolute atomic E-state index is 0.0256. The van der Waals surface area contributed by atoms with E-state index in [9.17, 15) is 19.0 Å². The van der Waals surface area contributed by atoms with Crippen molar-refractivity contribution in [2.45, 2.75) is 251 Å². The van der Waals surface area contributed by atoms with Crippen molar-refractivity contribution in [2.75, 3.05) is 47.5 Å². The molecule has 0 radical (unpaired) electrons. The molecule has 0 aromatic heterocycles. The van der Waals surface area contributed by atoms with Gasteiger partial charge in [-0.25, -0.2) is 0 Å². The van der Waals surface area contributed by atoms with Crippen LogP contribution in [0.25, 0.3) is 0 Å². The van der Waals surface area contributed by atoms with Crippen LogP contribution in [-0.4, -0.2) is 70.0 Å². The van der Waals surface area contributed by atoms with Crippen LogP contribution in [0.15, 0.2) is 0 Å². The number of rotatable bonds is 46. The Morgan fingerprint density at radius 2 is 0.776 bits per heavy atom. The van der Waals surface area contributed by atoms with E-state index >= 15 is 0 Å². The lowest BCUT2D eigenvalue weighted by molar-refractivity contribution is -0.870. The third-order valence-corrected chi connectivity index (χ3v) is 12.1. The first-order valence-electron chi connectivity index (χ1n) is 24.7. The van der Waals surface area contributed by atoms with Crippen molar-refractivity contribution < 1.29 is 42.1 Å². The molecule has 2 unspecified atom stereocenters. The number of nitrogens with zero attached hydrogens (tertiary/aromatic N) is 1. The number of hydrogen-bond acceptors (Lipinski definition) is 8. The van der Waals surface area contributed by atoms with Gasteiger partial charge in [-0.2, -0.15) is 0 Å². The number of carbonyl (C=O) groups excluding carboxylic acids is 2. The highest BCUT2D eigenvalue weighted by atomic mass is 31.2. The van der Waals surface area contributed by atoms with E-state index < -0.39 is 26.5 Å². The summed E-state index contributed by atoms with van der Waals surface area (Å²) in [5, 5.41) is 0. The quantitative estimate of drug-likeness (QED) is 0.0258. The van der Waals surface area contributed by atoms with Crippen LogP contribution in [-0.2, 0) is 32.7 Å². The van der Waals surface area contributed by atoms with Crippen LogP contribution in [0.2, 0.25) is 0 Å². The summed E-state index contributed by atoms with van der Waals surface area (Å²) in [6.45, 7) is 4.27. The highest BCUT2D eigenvalue weighted by Crippen LogP contribution is 2.38. The molecular weight excluding hydrogens is 750 g/mol. The Kier molecular flexibility index (Phi) is 40.7. The lowest BCUT2D eigenvalue weighted by Crippen LogP contribution is -2.37. The summed E-state index contributed by atoms with van der Waals surface area (Å²) in [4.78, 5) is 37.6. The van der Waals surface area contributed by atoms with Gasteiger partial charge in [0.1, 0.15) is 19.8 Å². The van der Waals surface area contributed by atoms with Gasteiger partial charge in [0.05, 0.1) is 27.7 Å². The van der Waals surface area contributed by atoms with Gasteiger partial charge >= 0.3 is 11.9 Å². The number of quaternary nitrogens is 1. The van der Waals surface area contributed by atoms with Crippen molar-refractivity contribution >= 4 is 19.8 Å². The van der Waals surface area contributed by atoms with Crippen LogP contribution in [0.1, 0.15) is 245 Å². The maximum absolute atomic E-state index is 12.7. The molecule has 9 nitrogen and oxygen atoms in total. The fraction of sp³-hybridized carbons (Fsp3) is 0.958. The number of hydrogen-bond donors (Lipinski definition) is 0. The van der Waals surface area contributed by atoms with Crippen molar-refractivity contribution in [3.63, 3.8) is 0 Å². The molecule has 0 aromatic carbocycles. The molecule has 0 aliphatic rings. The largest absolute Gasteiger partial charge is 0.756 e. The summed E-state index contributed by atoms with van der Waals surface area (Å²) < 4.78 is 34.0. The maximum Gasteiger partial charge on any atom is 0.306 e. The van der Waals surface area contributed by atoms with E-state index in [1.165, 1.54) is 180 Å². The van der Waals surface area contributed by atoms with E-state index in [0.29, 0.717) is 17.4 Å². The first-order valence-corrected chi connectivity index (χ1v) is 26.2. The average Bonchev–Trinajstić information content (AvgIpc) is 3.17. The molecule has 0 aliphatic heterocycles. The Morgan fingerprint density at radius 1 is 0.466 bits per heavy atom. The fourth-order valence-corrected chi connectivity index (χ4v) is 7.97. The van der Waals surface area contributed by atoms with Crippen molar-refractivity contribution in [3.05, 3.63) is 0 Å². The van der Waals surface area contributed by atoms with Crippen LogP contribution in [0, 0.1) is 0 Å². The lowest BCUT2D eigenvalue weighted by atomic mass is 10.0. The molecule has 2 atom stereocenters. The number of phosphoric ester groups is 1. The number of likely N-dealkylation sites (N-methyl/N-ethyl adjacent to an activating group) is 1. The van der Waals surface area contributed by atoms with E-state index in [-0.39, 0.29) is 32.0 Å².